The molecule has 1 N–H and O–H groups in total. The van der Waals surface area contributed by atoms with E-state index in [4.69, 9.17) is 0 Å². The summed E-state index contributed by atoms with van der Waals surface area (Å²) in [5.74, 6) is 0.139. The molecule has 1 aliphatic rings. The van der Waals surface area contributed by atoms with Crippen molar-refractivity contribution in [3.63, 3.8) is 0 Å². The topological polar surface area (TPSA) is 63.2 Å². The molecule has 1 atom stereocenters. The lowest BCUT2D eigenvalue weighted by molar-refractivity contribution is -0.120. The van der Waals surface area contributed by atoms with Crippen molar-refractivity contribution in [1.29, 1.82) is 0 Å². The molecule has 0 aromatic heterocycles. The Labute approximate surface area is 120 Å². The molecule has 0 radical (unpaired) electrons. The van der Waals surface area contributed by atoms with Crippen LogP contribution in [0.4, 0.5) is 0 Å². The zero-order chi connectivity index (χ0) is 14.6. The van der Waals surface area contributed by atoms with E-state index < -0.39 is 9.84 Å². The van der Waals surface area contributed by atoms with Crippen molar-refractivity contribution in [2.75, 3.05) is 11.5 Å². The van der Waals surface area contributed by atoms with E-state index in [0.717, 1.165) is 0 Å². The number of sulfone groups is 1. The maximum atomic E-state index is 12.1. The molecule has 0 spiro atoms. The number of benzene rings is 1. The van der Waals surface area contributed by atoms with Gasteiger partial charge >= 0.3 is 0 Å². The van der Waals surface area contributed by atoms with E-state index in [1.165, 1.54) is 11.1 Å². The maximum absolute atomic E-state index is 12.1. The first-order valence-corrected chi connectivity index (χ1v) is 8.87. The van der Waals surface area contributed by atoms with E-state index in [-0.39, 0.29) is 29.8 Å². The lowest BCUT2D eigenvalue weighted by Gasteiger charge is -2.25. The normalized spacial score (nSPS) is 18.6. The van der Waals surface area contributed by atoms with Crippen molar-refractivity contribution < 1.29 is 13.2 Å². The van der Waals surface area contributed by atoms with Crippen molar-refractivity contribution >= 4 is 15.6 Å². The molecule has 1 heterocycles. The van der Waals surface area contributed by atoms with E-state index >= 15 is 0 Å². The molecular formula is C15H21NO3S. The molecule has 2 rings (SSSR count). The molecule has 1 aromatic rings. The number of rotatable bonds is 6. The number of Topliss-reactive ketones (excluding diaryl/α,β-unsaturated/α-hetero) is 1. The number of hydrogen-bond acceptors (Lipinski definition) is 4. The molecule has 4 nitrogen and oxygen atoms in total. The lowest BCUT2D eigenvalue weighted by Crippen LogP contribution is -2.42. The SMILES string of the molecule is CCCS(=O)(=O)CCC(=O)C1Cc2ccccc2CN1. The van der Waals surface area contributed by atoms with E-state index in [9.17, 15) is 13.2 Å². The highest BCUT2D eigenvalue weighted by Crippen LogP contribution is 2.17. The summed E-state index contributed by atoms with van der Waals surface area (Å²) in [5.41, 5.74) is 2.40. The minimum atomic E-state index is -3.07. The number of nitrogens with one attached hydrogen (secondary N) is 1. The fraction of sp³-hybridized carbons (Fsp3) is 0.533. The molecule has 0 amide bonds. The molecule has 0 bridgehead atoms. The summed E-state index contributed by atoms with van der Waals surface area (Å²) in [6, 6.07) is 7.79. The zero-order valence-corrected chi connectivity index (χ0v) is 12.6. The number of ketones is 1. The molecular weight excluding hydrogens is 274 g/mol. The summed E-state index contributed by atoms with van der Waals surface area (Å²) in [4.78, 5) is 12.1. The van der Waals surface area contributed by atoms with Crippen LogP contribution in [0.2, 0.25) is 0 Å². The second-order valence-corrected chi connectivity index (χ2v) is 7.58. The quantitative estimate of drug-likeness (QED) is 0.863. The molecule has 0 fully saturated rings. The average Bonchev–Trinajstić information content (AvgIpc) is 2.44. The summed E-state index contributed by atoms with van der Waals surface area (Å²) in [6.07, 6.45) is 1.37. The highest BCUT2D eigenvalue weighted by atomic mass is 32.2. The Bertz CT molecular complexity index is 581. The van der Waals surface area contributed by atoms with Gasteiger partial charge in [0.1, 0.15) is 0 Å². The van der Waals surface area contributed by atoms with E-state index in [2.05, 4.69) is 11.4 Å². The maximum Gasteiger partial charge on any atom is 0.151 e. The molecule has 20 heavy (non-hydrogen) atoms. The van der Waals surface area contributed by atoms with Crippen molar-refractivity contribution in [2.24, 2.45) is 0 Å². The molecule has 1 unspecified atom stereocenters. The molecule has 5 heteroatoms. The summed E-state index contributed by atoms with van der Waals surface area (Å²) in [5, 5.41) is 3.20. The van der Waals surface area contributed by atoms with Crippen molar-refractivity contribution in [2.45, 2.75) is 38.8 Å². The van der Waals surface area contributed by atoms with Crippen molar-refractivity contribution in [3.05, 3.63) is 35.4 Å². The molecule has 0 aliphatic carbocycles. The standard InChI is InChI=1S/C15H21NO3S/c1-2-8-20(18,19)9-7-15(17)14-10-12-5-3-4-6-13(12)11-16-14/h3-6,14,16H,2,7-11H2,1H3. The third kappa shape index (κ3) is 3.90. The van der Waals surface area contributed by atoms with Crippen LogP contribution < -0.4 is 5.32 Å². The van der Waals surface area contributed by atoms with Gasteiger partial charge in [-0.15, -0.1) is 0 Å². The minimum absolute atomic E-state index is 0.000758. The first kappa shape index (κ1) is 15.2. The van der Waals surface area contributed by atoms with Gasteiger partial charge in [0.05, 0.1) is 11.8 Å². The third-order valence-electron chi connectivity index (χ3n) is 3.64. The van der Waals surface area contributed by atoms with Gasteiger partial charge in [-0.05, 0) is 24.0 Å². The molecule has 0 saturated carbocycles. The fourth-order valence-corrected chi connectivity index (χ4v) is 3.86. The van der Waals surface area contributed by atoms with Crippen LogP contribution in [0.1, 0.15) is 30.9 Å². The Morgan fingerprint density at radius 1 is 1.25 bits per heavy atom. The Morgan fingerprint density at radius 3 is 2.65 bits per heavy atom. The minimum Gasteiger partial charge on any atom is -0.303 e. The molecule has 1 aliphatic heterocycles. The van der Waals surface area contributed by atoms with Crippen LogP contribution in [0.15, 0.2) is 24.3 Å². The third-order valence-corrected chi connectivity index (χ3v) is 5.50. The average molecular weight is 295 g/mol. The highest BCUT2D eigenvalue weighted by molar-refractivity contribution is 7.91. The Morgan fingerprint density at radius 2 is 1.95 bits per heavy atom. The van der Waals surface area contributed by atoms with Gasteiger partial charge in [0.2, 0.25) is 0 Å². The molecule has 110 valence electrons. The van der Waals surface area contributed by atoms with Crippen LogP contribution in [0.3, 0.4) is 0 Å². The van der Waals surface area contributed by atoms with Crippen LogP contribution in [0.25, 0.3) is 0 Å². The van der Waals surface area contributed by atoms with Gasteiger partial charge in [0, 0.05) is 18.7 Å². The van der Waals surface area contributed by atoms with Crippen LogP contribution in [0, 0.1) is 0 Å². The van der Waals surface area contributed by atoms with Gasteiger partial charge in [-0.25, -0.2) is 8.42 Å². The van der Waals surface area contributed by atoms with Crippen molar-refractivity contribution in [3.8, 4) is 0 Å². The smallest absolute Gasteiger partial charge is 0.151 e. The molecule has 0 saturated heterocycles. The van der Waals surface area contributed by atoms with E-state index in [1.54, 1.807) is 0 Å². The van der Waals surface area contributed by atoms with Gasteiger partial charge in [0.15, 0.2) is 15.6 Å². The van der Waals surface area contributed by atoms with Gasteiger partial charge in [-0.3, -0.25) is 4.79 Å². The predicted octanol–water partition coefficient (Wildman–Crippen LogP) is 1.48. The second-order valence-electron chi connectivity index (χ2n) is 5.27. The van der Waals surface area contributed by atoms with Gasteiger partial charge < -0.3 is 5.32 Å². The van der Waals surface area contributed by atoms with Crippen LogP contribution in [-0.4, -0.2) is 31.7 Å². The van der Waals surface area contributed by atoms with Gasteiger partial charge in [-0.2, -0.15) is 0 Å². The Hall–Kier alpha value is -1.20. The van der Waals surface area contributed by atoms with Crippen LogP contribution >= 0.6 is 0 Å². The van der Waals surface area contributed by atoms with Crippen LogP contribution in [-0.2, 0) is 27.6 Å². The second kappa shape index (κ2) is 6.50. The van der Waals surface area contributed by atoms with E-state index in [1.807, 2.05) is 25.1 Å². The summed E-state index contributed by atoms with van der Waals surface area (Å²) in [7, 11) is -3.07. The zero-order valence-electron chi connectivity index (χ0n) is 11.8. The molecule has 1 aromatic carbocycles. The van der Waals surface area contributed by atoms with Gasteiger partial charge in [-0.1, -0.05) is 31.2 Å². The Kier molecular flexibility index (Phi) is 4.94. The summed E-state index contributed by atoms with van der Waals surface area (Å²) in [6.45, 7) is 2.51. The van der Waals surface area contributed by atoms with E-state index in [0.29, 0.717) is 19.4 Å². The fourth-order valence-electron chi connectivity index (χ4n) is 2.53. The highest BCUT2D eigenvalue weighted by Gasteiger charge is 2.24. The number of fused-ring (bicyclic) bond motifs is 1. The monoisotopic (exact) mass is 295 g/mol. The summed E-state index contributed by atoms with van der Waals surface area (Å²) < 4.78 is 23.3. The largest absolute Gasteiger partial charge is 0.303 e. The Balaban J connectivity index is 1.92. The van der Waals surface area contributed by atoms with Crippen molar-refractivity contribution in [1.82, 2.24) is 5.32 Å². The first-order valence-electron chi connectivity index (χ1n) is 7.05. The number of carbonyl (C=O) groups excluding carboxylic acids is 1. The number of carbonyl (C=O) groups is 1. The predicted molar refractivity (Wildman–Crippen MR) is 79.3 cm³/mol. The van der Waals surface area contributed by atoms with Gasteiger partial charge in [0.25, 0.3) is 0 Å². The number of hydrogen-bond donors (Lipinski definition) is 1. The lowest BCUT2D eigenvalue weighted by atomic mass is 9.93. The summed E-state index contributed by atoms with van der Waals surface area (Å²) >= 11 is 0. The van der Waals surface area contributed by atoms with Crippen LogP contribution in [0.5, 0.6) is 0 Å². The first-order chi connectivity index (χ1) is 9.52.